The number of hydrogen-bond donors (Lipinski definition) is 1. The molecule has 0 aromatic heterocycles. The fourth-order valence-electron chi connectivity index (χ4n) is 0.832. The quantitative estimate of drug-likeness (QED) is 0.468. The second-order valence-electron chi connectivity index (χ2n) is 4.03. The molecule has 0 spiro atoms. The zero-order chi connectivity index (χ0) is 9.45. The van der Waals surface area contributed by atoms with Crippen LogP contribution in [0.25, 0.3) is 0 Å². The van der Waals surface area contributed by atoms with Crippen molar-refractivity contribution in [2.75, 3.05) is 40.8 Å². The Bertz CT molecular complexity index is 141. The molecule has 0 aromatic carbocycles. The van der Waals surface area contributed by atoms with Gasteiger partial charge in [-0.15, -0.1) is 0 Å². The van der Waals surface area contributed by atoms with Gasteiger partial charge in [-0.2, -0.15) is 5.26 Å². The lowest BCUT2D eigenvalue weighted by Crippen LogP contribution is -2.40. The van der Waals surface area contributed by atoms with Gasteiger partial charge in [0.05, 0.1) is 33.8 Å². The Morgan fingerprint density at radius 3 is 2.42 bits per heavy atom. The molecule has 0 heterocycles. The van der Waals surface area contributed by atoms with Gasteiger partial charge in [-0.3, -0.25) is 0 Å². The van der Waals surface area contributed by atoms with Crippen LogP contribution in [0, 0.1) is 11.3 Å². The van der Waals surface area contributed by atoms with Gasteiger partial charge in [-0.05, 0) is 13.0 Å². The first-order chi connectivity index (χ1) is 5.56. The number of hydrogen-bond acceptors (Lipinski definition) is 2. The van der Waals surface area contributed by atoms with E-state index < -0.39 is 0 Å². The van der Waals surface area contributed by atoms with Crippen LogP contribution in [0.4, 0.5) is 0 Å². The van der Waals surface area contributed by atoms with Crippen molar-refractivity contribution in [3.63, 3.8) is 0 Å². The summed E-state index contributed by atoms with van der Waals surface area (Å²) >= 11 is 0. The van der Waals surface area contributed by atoms with E-state index in [1.54, 1.807) is 0 Å². The molecule has 0 aliphatic rings. The second kappa shape index (κ2) is 5.99. The maximum absolute atomic E-state index is 8.27. The molecule has 0 aromatic rings. The van der Waals surface area contributed by atoms with Crippen molar-refractivity contribution < 1.29 is 4.48 Å². The largest absolute Gasteiger partial charge is 0.330 e. The summed E-state index contributed by atoms with van der Waals surface area (Å²) in [6.07, 6.45) is 1.63. The number of nitrogens with zero attached hydrogens (tertiary/aromatic N) is 2. The number of likely N-dealkylation sites (N-methyl/N-ethyl adjacent to an activating group) is 1. The summed E-state index contributed by atoms with van der Waals surface area (Å²) in [7, 11) is 6.53. The van der Waals surface area contributed by atoms with Crippen LogP contribution >= 0.6 is 0 Å². The Morgan fingerprint density at radius 1 is 1.25 bits per heavy atom. The minimum atomic E-state index is 0.664. The van der Waals surface area contributed by atoms with Gasteiger partial charge in [-0.25, -0.2) is 0 Å². The topological polar surface area (TPSA) is 35.8 Å². The van der Waals surface area contributed by atoms with Crippen molar-refractivity contribution in [2.45, 2.75) is 12.8 Å². The first-order valence-corrected chi connectivity index (χ1v) is 4.44. The molecular formula is C9H20N3+. The minimum absolute atomic E-state index is 0.664. The highest BCUT2D eigenvalue weighted by atomic mass is 15.3. The fraction of sp³-hybridized carbons (Fsp3) is 0.889. The predicted molar refractivity (Wildman–Crippen MR) is 50.6 cm³/mol. The van der Waals surface area contributed by atoms with E-state index in [0.717, 1.165) is 30.5 Å². The van der Waals surface area contributed by atoms with Gasteiger partial charge >= 0.3 is 0 Å². The second-order valence-corrected chi connectivity index (χ2v) is 4.03. The fourth-order valence-corrected chi connectivity index (χ4v) is 0.832. The predicted octanol–water partition coefficient (Wildman–Crippen LogP) is 0.586. The Labute approximate surface area is 75.6 Å². The van der Waals surface area contributed by atoms with E-state index in [9.17, 15) is 0 Å². The smallest absolute Gasteiger partial charge is 0.0907 e. The van der Waals surface area contributed by atoms with Gasteiger partial charge in [0.25, 0.3) is 0 Å². The highest BCUT2D eigenvalue weighted by Gasteiger charge is 2.04. The van der Waals surface area contributed by atoms with Gasteiger partial charge in [0.2, 0.25) is 0 Å². The van der Waals surface area contributed by atoms with Crippen LogP contribution in [0.3, 0.4) is 0 Å². The Morgan fingerprint density at radius 2 is 1.92 bits per heavy atom. The zero-order valence-corrected chi connectivity index (χ0v) is 8.43. The van der Waals surface area contributed by atoms with Crippen LogP contribution in [0.15, 0.2) is 0 Å². The highest BCUT2D eigenvalue weighted by molar-refractivity contribution is 4.68. The maximum Gasteiger partial charge on any atom is 0.0907 e. The third-order valence-electron chi connectivity index (χ3n) is 1.60. The van der Waals surface area contributed by atoms with Crippen molar-refractivity contribution >= 4 is 0 Å². The third kappa shape index (κ3) is 9.41. The van der Waals surface area contributed by atoms with Crippen molar-refractivity contribution in [1.29, 1.82) is 5.26 Å². The lowest BCUT2D eigenvalue weighted by molar-refractivity contribution is -0.869. The summed E-state index contributed by atoms with van der Waals surface area (Å²) in [5, 5.41) is 11.6. The highest BCUT2D eigenvalue weighted by Crippen LogP contribution is 1.87. The van der Waals surface area contributed by atoms with Gasteiger partial charge in [0, 0.05) is 13.0 Å². The molecule has 0 rings (SSSR count). The molecule has 0 unspecified atom stereocenters. The summed E-state index contributed by atoms with van der Waals surface area (Å²) in [4.78, 5) is 0. The van der Waals surface area contributed by atoms with Crippen molar-refractivity contribution in [3.8, 4) is 6.07 Å². The van der Waals surface area contributed by atoms with E-state index in [2.05, 4.69) is 32.5 Å². The molecular weight excluding hydrogens is 150 g/mol. The molecule has 0 atom stereocenters. The van der Waals surface area contributed by atoms with Gasteiger partial charge < -0.3 is 9.80 Å². The zero-order valence-electron chi connectivity index (χ0n) is 8.43. The van der Waals surface area contributed by atoms with Crippen LogP contribution in [-0.4, -0.2) is 45.3 Å². The van der Waals surface area contributed by atoms with Gasteiger partial charge in [-0.1, -0.05) is 0 Å². The molecule has 0 saturated heterocycles. The van der Waals surface area contributed by atoms with E-state index in [4.69, 9.17) is 5.26 Å². The van der Waals surface area contributed by atoms with Crippen LogP contribution in [0.2, 0.25) is 0 Å². The third-order valence-corrected chi connectivity index (χ3v) is 1.60. The summed E-state index contributed by atoms with van der Waals surface area (Å²) in [5.41, 5.74) is 0. The molecule has 0 saturated carbocycles. The minimum Gasteiger partial charge on any atom is -0.330 e. The summed E-state index contributed by atoms with van der Waals surface area (Å²) in [5.74, 6) is 0. The lowest BCUT2D eigenvalue weighted by atomic mass is 10.3. The van der Waals surface area contributed by atoms with E-state index in [1.807, 2.05) is 0 Å². The van der Waals surface area contributed by atoms with Crippen molar-refractivity contribution in [3.05, 3.63) is 0 Å². The Hall–Kier alpha value is -0.590. The monoisotopic (exact) mass is 170 g/mol. The number of nitrogens with one attached hydrogen (secondary N) is 1. The van der Waals surface area contributed by atoms with Gasteiger partial charge in [0.1, 0.15) is 0 Å². The normalized spacial score (nSPS) is 11.2. The molecule has 3 heteroatoms. The van der Waals surface area contributed by atoms with E-state index in [-0.39, 0.29) is 0 Å². The average molecular weight is 170 g/mol. The molecule has 3 nitrogen and oxygen atoms in total. The van der Waals surface area contributed by atoms with E-state index in [1.165, 1.54) is 0 Å². The summed E-state index contributed by atoms with van der Waals surface area (Å²) < 4.78 is 0.991. The first-order valence-electron chi connectivity index (χ1n) is 4.44. The Kier molecular flexibility index (Phi) is 5.69. The number of nitriles is 1. The number of unbranched alkanes of at least 4 members (excludes halogenated alkanes) is 1. The maximum atomic E-state index is 8.27. The number of rotatable bonds is 6. The van der Waals surface area contributed by atoms with Crippen molar-refractivity contribution in [1.82, 2.24) is 5.32 Å². The Balaban J connectivity index is 3.07. The number of quaternary nitrogens is 1. The summed E-state index contributed by atoms with van der Waals surface area (Å²) in [6, 6.07) is 2.13. The average Bonchev–Trinajstić information content (AvgIpc) is 1.94. The van der Waals surface area contributed by atoms with Crippen LogP contribution in [0.1, 0.15) is 12.8 Å². The van der Waals surface area contributed by atoms with Crippen molar-refractivity contribution in [2.24, 2.45) is 0 Å². The lowest BCUT2D eigenvalue weighted by Gasteiger charge is -2.23. The first kappa shape index (κ1) is 11.4. The van der Waals surface area contributed by atoms with E-state index in [0.29, 0.717) is 6.42 Å². The molecule has 0 aliphatic heterocycles. The molecule has 70 valence electrons. The van der Waals surface area contributed by atoms with Crippen LogP contribution in [-0.2, 0) is 0 Å². The molecule has 0 fully saturated rings. The SMILES string of the molecule is C[N+](C)(C)CCNCCCC#N. The van der Waals surface area contributed by atoms with Crippen LogP contribution in [0.5, 0.6) is 0 Å². The molecule has 1 N–H and O–H groups in total. The molecule has 0 amide bonds. The molecule has 0 radical (unpaired) electrons. The molecule has 0 aliphatic carbocycles. The standard InChI is InChI=1S/C9H20N3/c1-12(2,3)9-8-11-7-5-4-6-10/h11H,4-5,7-9H2,1-3H3/q+1. The summed E-state index contributed by atoms with van der Waals surface area (Å²) in [6.45, 7) is 3.13. The van der Waals surface area contributed by atoms with Gasteiger partial charge in [0.15, 0.2) is 0 Å². The molecule has 12 heavy (non-hydrogen) atoms. The molecule has 0 bridgehead atoms. The van der Waals surface area contributed by atoms with Crippen LogP contribution < -0.4 is 5.32 Å². The van der Waals surface area contributed by atoms with E-state index >= 15 is 0 Å².